The fraction of sp³-hybridized carbons (Fsp3) is 0.188. The molecule has 0 unspecified atom stereocenters. The van der Waals surface area contributed by atoms with Gasteiger partial charge >= 0.3 is 0 Å². The van der Waals surface area contributed by atoms with Gasteiger partial charge < -0.3 is 9.09 Å². The SMILES string of the molecule is CCn1c(SCc2noc(-c3sccc3C#N)n2)nnc1-c1cccs1. The molecule has 0 aliphatic rings. The first-order valence-electron chi connectivity index (χ1n) is 7.70. The Labute approximate surface area is 161 Å². The van der Waals surface area contributed by atoms with E-state index >= 15 is 0 Å². The van der Waals surface area contributed by atoms with Crippen molar-refractivity contribution in [2.45, 2.75) is 24.4 Å². The highest BCUT2D eigenvalue weighted by molar-refractivity contribution is 7.98. The van der Waals surface area contributed by atoms with Crippen molar-refractivity contribution in [2.24, 2.45) is 0 Å². The zero-order valence-electron chi connectivity index (χ0n) is 13.6. The van der Waals surface area contributed by atoms with Gasteiger partial charge in [0.1, 0.15) is 10.9 Å². The Morgan fingerprint density at radius 3 is 2.96 bits per heavy atom. The van der Waals surface area contributed by atoms with Crippen LogP contribution in [0.5, 0.6) is 0 Å². The predicted molar refractivity (Wildman–Crippen MR) is 101 cm³/mol. The Hall–Kier alpha value is -2.48. The molecule has 7 nitrogen and oxygen atoms in total. The molecule has 0 spiro atoms. The number of nitriles is 1. The Morgan fingerprint density at radius 1 is 1.27 bits per heavy atom. The number of aromatic nitrogens is 5. The summed E-state index contributed by atoms with van der Waals surface area (Å²) in [5.41, 5.74) is 0.546. The fourth-order valence-corrected chi connectivity index (χ4v) is 4.69. The fourth-order valence-electron chi connectivity index (χ4n) is 2.37. The van der Waals surface area contributed by atoms with Gasteiger partial charge in [-0.15, -0.1) is 32.9 Å². The van der Waals surface area contributed by atoms with E-state index in [9.17, 15) is 0 Å². The first-order chi connectivity index (χ1) is 12.8. The quantitative estimate of drug-likeness (QED) is 0.445. The standard InChI is InChI=1S/C16H12N6OS3/c1-2-22-14(11-4-3-6-24-11)19-20-16(22)26-9-12-18-15(23-21-12)13-10(8-17)5-7-25-13/h3-7H,2,9H2,1H3. The lowest BCUT2D eigenvalue weighted by Gasteiger charge is -2.04. The molecule has 0 amide bonds. The Kier molecular flexibility index (Phi) is 4.83. The molecule has 4 aromatic heterocycles. The first kappa shape index (κ1) is 17.0. The minimum atomic E-state index is 0.378. The van der Waals surface area contributed by atoms with Crippen molar-refractivity contribution in [1.29, 1.82) is 5.26 Å². The maximum atomic E-state index is 9.11. The first-order valence-corrected chi connectivity index (χ1v) is 10.4. The molecule has 10 heteroatoms. The van der Waals surface area contributed by atoms with Gasteiger partial charge in [0.2, 0.25) is 0 Å². The molecular formula is C16H12N6OS3. The van der Waals surface area contributed by atoms with Crippen LogP contribution in [0.15, 0.2) is 38.6 Å². The van der Waals surface area contributed by atoms with Crippen molar-refractivity contribution in [2.75, 3.05) is 0 Å². The van der Waals surface area contributed by atoms with E-state index in [0.717, 1.165) is 22.4 Å². The molecule has 130 valence electrons. The monoisotopic (exact) mass is 400 g/mol. The van der Waals surface area contributed by atoms with E-state index in [4.69, 9.17) is 9.78 Å². The number of rotatable bonds is 6. The molecular weight excluding hydrogens is 388 g/mol. The highest BCUT2D eigenvalue weighted by Gasteiger charge is 2.17. The number of nitrogens with zero attached hydrogens (tertiary/aromatic N) is 6. The summed E-state index contributed by atoms with van der Waals surface area (Å²) in [7, 11) is 0. The molecule has 0 N–H and O–H groups in total. The lowest BCUT2D eigenvalue weighted by atomic mass is 10.3. The molecule has 0 radical (unpaired) electrons. The Bertz CT molecular complexity index is 1060. The molecule has 26 heavy (non-hydrogen) atoms. The summed E-state index contributed by atoms with van der Waals surface area (Å²) in [4.78, 5) is 6.19. The number of thiophene rings is 2. The number of hydrogen-bond donors (Lipinski definition) is 0. The largest absolute Gasteiger partial charge is 0.333 e. The van der Waals surface area contributed by atoms with Gasteiger partial charge in [0, 0.05) is 6.54 Å². The maximum Gasteiger partial charge on any atom is 0.269 e. The van der Waals surface area contributed by atoms with Gasteiger partial charge in [-0.25, -0.2) is 0 Å². The van der Waals surface area contributed by atoms with Gasteiger partial charge in [-0.3, -0.25) is 0 Å². The average Bonchev–Trinajstić information content (AvgIpc) is 3.45. The maximum absolute atomic E-state index is 9.11. The van der Waals surface area contributed by atoms with Gasteiger partial charge in [-0.1, -0.05) is 23.0 Å². The number of hydrogen-bond acceptors (Lipinski definition) is 9. The smallest absolute Gasteiger partial charge is 0.269 e. The van der Waals surface area contributed by atoms with E-state index in [1.807, 2.05) is 22.9 Å². The van der Waals surface area contributed by atoms with E-state index in [0.29, 0.717) is 27.9 Å². The molecule has 0 fully saturated rings. The average molecular weight is 401 g/mol. The third kappa shape index (κ3) is 3.16. The zero-order valence-corrected chi connectivity index (χ0v) is 16.1. The highest BCUT2D eigenvalue weighted by Crippen LogP contribution is 2.30. The van der Waals surface area contributed by atoms with Gasteiger partial charge in [0.05, 0.1) is 16.2 Å². The highest BCUT2D eigenvalue weighted by atomic mass is 32.2. The van der Waals surface area contributed by atoms with Gasteiger partial charge in [0.25, 0.3) is 5.89 Å². The second-order valence-electron chi connectivity index (χ2n) is 5.11. The van der Waals surface area contributed by atoms with Crippen LogP contribution in [-0.2, 0) is 12.3 Å². The van der Waals surface area contributed by atoms with Crippen LogP contribution >= 0.6 is 34.4 Å². The van der Waals surface area contributed by atoms with Crippen molar-refractivity contribution in [3.05, 3.63) is 40.3 Å². The van der Waals surface area contributed by atoms with Crippen molar-refractivity contribution in [1.82, 2.24) is 24.9 Å². The van der Waals surface area contributed by atoms with Crippen LogP contribution < -0.4 is 0 Å². The van der Waals surface area contributed by atoms with E-state index in [2.05, 4.69) is 37.9 Å². The van der Waals surface area contributed by atoms with Crippen LogP contribution in [0.1, 0.15) is 18.3 Å². The minimum Gasteiger partial charge on any atom is -0.333 e. The van der Waals surface area contributed by atoms with Gasteiger partial charge in [0.15, 0.2) is 16.8 Å². The van der Waals surface area contributed by atoms with E-state index < -0.39 is 0 Å². The molecule has 0 saturated carbocycles. The lowest BCUT2D eigenvalue weighted by Crippen LogP contribution is -1.99. The molecule has 0 aromatic carbocycles. The van der Waals surface area contributed by atoms with Crippen molar-refractivity contribution >= 4 is 34.4 Å². The molecule has 0 atom stereocenters. The van der Waals surface area contributed by atoms with Crippen LogP contribution in [0.4, 0.5) is 0 Å². The molecule has 4 aromatic rings. The van der Waals surface area contributed by atoms with Crippen LogP contribution in [0.25, 0.3) is 21.5 Å². The summed E-state index contributed by atoms with van der Waals surface area (Å²) in [5, 5.41) is 26.4. The van der Waals surface area contributed by atoms with E-state index in [1.165, 1.54) is 23.1 Å². The summed E-state index contributed by atoms with van der Waals surface area (Å²) in [5.74, 6) is 2.32. The van der Waals surface area contributed by atoms with Crippen molar-refractivity contribution in [3.8, 4) is 27.5 Å². The predicted octanol–water partition coefficient (Wildman–Crippen LogP) is 4.30. The van der Waals surface area contributed by atoms with Crippen molar-refractivity contribution < 1.29 is 4.52 Å². The molecule has 0 aliphatic carbocycles. The zero-order chi connectivity index (χ0) is 17.9. The normalized spacial score (nSPS) is 10.9. The van der Waals surface area contributed by atoms with Gasteiger partial charge in [-0.05, 0) is 29.8 Å². The van der Waals surface area contributed by atoms with Crippen LogP contribution in [0, 0.1) is 11.3 Å². The Morgan fingerprint density at radius 2 is 2.19 bits per heavy atom. The van der Waals surface area contributed by atoms with Crippen molar-refractivity contribution in [3.63, 3.8) is 0 Å². The summed E-state index contributed by atoms with van der Waals surface area (Å²) in [6, 6.07) is 7.91. The summed E-state index contributed by atoms with van der Waals surface area (Å²) in [6.07, 6.45) is 0. The summed E-state index contributed by atoms with van der Waals surface area (Å²) >= 11 is 4.56. The Balaban J connectivity index is 1.51. The topological polar surface area (TPSA) is 93.4 Å². The second kappa shape index (κ2) is 7.41. The molecule has 0 bridgehead atoms. The van der Waals surface area contributed by atoms with Crippen LogP contribution in [0.3, 0.4) is 0 Å². The van der Waals surface area contributed by atoms with E-state index in [-0.39, 0.29) is 0 Å². The molecule has 0 saturated heterocycles. The van der Waals surface area contributed by atoms with Crippen LogP contribution in [-0.4, -0.2) is 24.9 Å². The molecule has 4 heterocycles. The number of thioether (sulfide) groups is 1. The van der Waals surface area contributed by atoms with E-state index in [1.54, 1.807) is 17.4 Å². The third-order valence-corrected chi connectivity index (χ3v) is 6.28. The molecule has 0 aliphatic heterocycles. The summed E-state index contributed by atoms with van der Waals surface area (Å²) in [6.45, 7) is 2.85. The third-order valence-electron chi connectivity index (χ3n) is 3.55. The minimum absolute atomic E-state index is 0.378. The lowest BCUT2D eigenvalue weighted by molar-refractivity contribution is 0.426. The second-order valence-corrected chi connectivity index (χ2v) is 7.91. The summed E-state index contributed by atoms with van der Waals surface area (Å²) < 4.78 is 7.38. The van der Waals surface area contributed by atoms with Gasteiger partial charge in [-0.2, -0.15) is 10.2 Å². The van der Waals surface area contributed by atoms with Crippen LogP contribution in [0.2, 0.25) is 0 Å². The molecule has 4 rings (SSSR count).